The van der Waals surface area contributed by atoms with Crippen LogP contribution in [0.2, 0.25) is 0 Å². The number of hydrogen-bond donors (Lipinski definition) is 2. The van der Waals surface area contributed by atoms with Crippen molar-refractivity contribution in [3.8, 4) is 5.69 Å². The van der Waals surface area contributed by atoms with Crippen LogP contribution in [0, 0.1) is 25.6 Å². The Bertz CT molecular complexity index is 763. The predicted octanol–water partition coefficient (Wildman–Crippen LogP) is 1.80. The first-order chi connectivity index (χ1) is 11.0. The van der Waals surface area contributed by atoms with Crippen molar-refractivity contribution < 1.29 is 14.0 Å². The van der Waals surface area contributed by atoms with E-state index in [1.165, 1.54) is 12.1 Å². The zero-order valence-corrected chi connectivity index (χ0v) is 12.9. The minimum Gasteiger partial charge on any atom is -0.273 e. The first-order valence-electron chi connectivity index (χ1n) is 7.39. The molecule has 1 aromatic carbocycles. The molecule has 7 heteroatoms. The summed E-state index contributed by atoms with van der Waals surface area (Å²) in [6.07, 6.45) is 1.73. The number of aryl methyl sites for hydroxylation is 1. The number of rotatable bonds is 3. The Labute approximate surface area is 132 Å². The van der Waals surface area contributed by atoms with E-state index in [1.54, 1.807) is 30.7 Å². The molecule has 0 radical (unpaired) electrons. The molecule has 0 bridgehead atoms. The topological polar surface area (TPSA) is 76.0 Å². The van der Waals surface area contributed by atoms with E-state index < -0.39 is 5.91 Å². The van der Waals surface area contributed by atoms with Crippen LogP contribution in [0.4, 0.5) is 4.39 Å². The normalized spacial score (nSPS) is 13.7. The number of nitrogens with one attached hydrogen (secondary N) is 2. The van der Waals surface area contributed by atoms with Crippen LogP contribution in [-0.4, -0.2) is 21.6 Å². The number of aromatic nitrogens is 2. The lowest BCUT2D eigenvalue weighted by Crippen LogP contribution is -2.42. The molecule has 0 spiro atoms. The van der Waals surface area contributed by atoms with E-state index >= 15 is 0 Å². The molecule has 6 nitrogen and oxygen atoms in total. The van der Waals surface area contributed by atoms with Gasteiger partial charge in [0.25, 0.3) is 5.91 Å². The van der Waals surface area contributed by atoms with E-state index in [0.29, 0.717) is 22.6 Å². The van der Waals surface area contributed by atoms with Crippen LogP contribution in [0.3, 0.4) is 0 Å². The summed E-state index contributed by atoms with van der Waals surface area (Å²) in [6, 6.07) is 5.85. The third-order valence-corrected chi connectivity index (χ3v) is 3.84. The van der Waals surface area contributed by atoms with Crippen molar-refractivity contribution in [2.75, 3.05) is 0 Å². The number of hydrazine groups is 1. The molecule has 1 heterocycles. The second kappa shape index (κ2) is 5.83. The summed E-state index contributed by atoms with van der Waals surface area (Å²) in [5, 5.41) is 4.33. The maximum atomic E-state index is 13.0. The lowest BCUT2D eigenvalue weighted by molar-refractivity contribution is -0.123. The Morgan fingerprint density at radius 3 is 2.43 bits per heavy atom. The van der Waals surface area contributed by atoms with Crippen LogP contribution in [0.15, 0.2) is 24.3 Å². The van der Waals surface area contributed by atoms with Crippen LogP contribution >= 0.6 is 0 Å². The van der Waals surface area contributed by atoms with Gasteiger partial charge in [0, 0.05) is 5.92 Å². The van der Waals surface area contributed by atoms with E-state index in [2.05, 4.69) is 16.0 Å². The Balaban J connectivity index is 1.80. The Morgan fingerprint density at radius 2 is 1.83 bits per heavy atom. The fourth-order valence-corrected chi connectivity index (χ4v) is 2.43. The SMILES string of the molecule is Cc1nn(-c2ccc(F)cc2)c(C)c1C(=O)NNC(=O)C1CC1. The van der Waals surface area contributed by atoms with Crippen LogP contribution in [-0.2, 0) is 4.79 Å². The van der Waals surface area contributed by atoms with Crippen molar-refractivity contribution in [1.29, 1.82) is 0 Å². The number of amides is 2. The molecule has 2 N–H and O–H groups in total. The van der Waals surface area contributed by atoms with Gasteiger partial charge in [-0.1, -0.05) is 0 Å². The molecule has 3 rings (SSSR count). The third-order valence-electron chi connectivity index (χ3n) is 3.84. The van der Waals surface area contributed by atoms with Gasteiger partial charge in [-0.2, -0.15) is 5.10 Å². The highest BCUT2D eigenvalue weighted by Crippen LogP contribution is 2.28. The van der Waals surface area contributed by atoms with Crippen LogP contribution in [0.1, 0.15) is 34.6 Å². The summed E-state index contributed by atoms with van der Waals surface area (Å²) in [5.41, 5.74) is 7.06. The standard InChI is InChI=1S/C16H17FN4O2/c1-9-14(16(23)19-18-15(22)11-3-4-11)10(2)21(20-9)13-7-5-12(17)6-8-13/h5-8,11H,3-4H2,1-2H3,(H,18,22)(H,19,23). The van der Waals surface area contributed by atoms with E-state index in [0.717, 1.165) is 12.8 Å². The van der Waals surface area contributed by atoms with Crippen molar-refractivity contribution >= 4 is 11.8 Å². The molecule has 0 unspecified atom stereocenters. The molecule has 0 aliphatic heterocycles. The highest BCUT2D eigenvalue weighted by atomic mass is 19.1. The quantitative estimate of drug-likeness (QED) is 0.848. The molecule has 2 amide bonds. The van der Waals surface area contributed by atoms with Gasteiger partial charge in [0.2, 0.25) is 5.91 Å². The smallest absolute Gasteiger partial charge is 0.273 e. The van der Waals surface area contributed by atoms with Crippen molar-refractivity contribution in [3.63, 3.8) is 0 Å². The molecular weight excluding hydrogens is 299 g/mol. The van der Waals surface area contributed by atoms with Crippen LogP contribution in [0.25, 0.3) is 5.69 Å². The van der Waals surface area contributed by atoms with Gasteiger partial charge >= 0.3 is 0 Å². The zero-order valence-electron chi connectivity index (χ0n) is 12.9. The van der Waals surface area contributed by atoms with E-state index in [9.17, 15) is 14.0 Å². The molecule has 0 atom stereocenters. The van der Waals surface area contributed by atoms with Gasteiger partial charge in [0.05, 0.1) is 22.6 Å². The number of halogens is 1. The second-order valence-electron chi connectivity index (χ2n) is 5.65. The Hall–Kier alpha value is -2.70. The maximum absolute atomic E-state index is 13.0. The van der Waals surface area contributed by atoms with Gasteiger partial charge in [0.1, 0.15) is 5.82 Å². The second-order valence-corrected chi connectivity index (χ2v) is 5.65. The summed E-state index contributed by atoms with van der Waals surface area (Å²) < 4.78 is 14.6. The first kappa shape index (κ1) is 15.2. The first-order valence-corrected chi connectivity index (χ1v) is 7.39. The van der Waals surface area contributed by atoms with E-state index in [4.69, 9.17) is 0 Å². The molecule has 0 saturated heterocycles. The minimum atomic E-state index is -0.414. The molecule has 1 aromatic heterocycles. The van der Waals surface area contributed by atoms with Crippen molar-refractivity contribution in [2.24, 2.45) is 5.92 Å². The molecule has 1 fully saturated rings. The average Bonchev–Trinajstić information content (AvgIpc) is 3.32. The largest absolute Gasteiger partial charge is 0.273 e. The van der Waals surface area contributed by atoms with Gasteiger partial charge in [-0.05, 0) is 51.0 Å². The van der Waals surface area contributed by atoms with Gasteiger partial charge in [-0.15, -0.1) is 0 Å². The average molecular weight is 316 g/mol. The molecule has 1 aliphatic rings. The number of hydrogen-bond acceptors (Lipinski definition) is 3. The fourth-order valence-electron chi connectivity index (χ4n) is 2.43. The predicted molar refractivity (Wildman–Crippen MR) is 81.3 cm³/mol. The lowest BCUT2D eigenvalue weighted by atomic mass is 10.2. The summed E-state index contributed by atoms with van der Waals surface area (Å²) in [7, 11) is 0. The third kappa shape index (κ3) is 3.08. The molecule has 23 heavy (non-hydrogen) atoms. The van der Waals surface area contributed by atoms with Crippen molar-refractivity contribution in [2.45, 2.75) is 26.7 Å². The summed E-state index contributed by atoms with van der Waals surface area (Å²) >= 11 is 0. The molecule has 2 aromatic rings. The lowest BCUT2D eigenvalue weighted by Gasteiger charge is -2.08. The minimum absolute atomic E-state index is 0.0134. The number of nitrogens with zero attached hydrogens (tertiary/aromatic N) is 2. The Morgan fingerprint density at radius 1 is 1.17 bits per heavy atom. The van der Waals surface area contributed by atoms with Crippen molar-refractivity contribution in [3.05, 3.63) is 47.0 Å². The van der Waals surface area contributed by atoms with Crippen molar-refractivity contribution in [1.82, 2.24) is 20.6 Å². The zero-order chi connectivity index (χ0) is 16.6. The molecule has 1 aliphatic carbocycles. The highest BCUT2D eigenvalue weighted by molar-refractivity contribution is 5.97. The summed E-state index contributed by atoms with van der Waals surface area (Å²) in [4.78, 5) is 23.9. The monoisotopic (exact) mass is 316 g/mol. The number of carbonyl (C=O) groups excluding carboxylic acids is 2. The van der Waals surface area contributed by atoms with Gasteiger partial charge in [-0.3, -0.25) is 20.4 Å². The van der Waals surface area contributed by atoms with Gasteiger partial charge in [-0.25, -0.2) is 9.07 Å². The maximum Gasteiger partial charge on any atom is 0.273 e. The van der Waals surface area contributed by atoms with Crippen LogP contribution in [0.5, 0.6) is 0 Å². The summed E-state index contributed by atoms with van der Waals surface area (Å²) in [6.45, 7) is 3.46. The van der Waals surface area contributed by atoms with Gasteiger partial charge < -0.3 is 0 Å². The van der Waals surface area contributed by atoms with Crippen LogP contribution < -0.4 is 10.9 Å². The molecular formula is C16H17FN4O2. The highest BCUT2D eigenvalue weighted by Gasteiger charge is 2.30. The fraction of sp³-hybridized carbons (Fsp3) is 0.312. The Kier molecular flexibility index (Phi) is 3.85. The number of carbonyl (C=O) groups is 2. The van der Waals surface area contributed by atoms with E-state index in [-0.39, 0.29) is 17.6 Å². The number of benzene rings is 1. The molecule has 120 valence electrons. The van der Waals surface area contributed by atoms with E-state index in [1.807, 2.05) is 0 Å². The van der Waals surface area contributed by atoms with Gasteiger partial charge in [0.15, 0.2) is 0 Å². The molecule has 1 saturated carbocycles. The summed E-state index contributed by atoms with van der Waals surface area (Å²) in [5.74, 6) is -0.905.